The topological polar surface area (TPSA) is 13.1 Å². The Bertz CT molecular complexity index is 320. The van der Waals surface area contributed by atoms with Gasteiger partial charge in [0.1, 0.15) is 5.76 Å². The lowest BCUT2D eigenvalue weighted by atomic mass is 10.0. The lowest BCUT2D eigenvalue weighted by molar-refractivity contribution is 0.484. The largest absolute Gasteiger partial charge is 0.469 e. The molecule has 0 N–H and O–H groups in total. The van der Waals surface area contributed by atoms with Gasteiger partial charge in [0.25, 0.3) is 0 Å². The predicted molar refractivity (Wildman–Crippen MR) is 102 cm³/mol. The highest BCUT2D eigenvalue weighted by Crippen LogP contribution is 2.18. The molecule has 0 aliphatic heterocycles. The van der Waals surface area contributed by atoms with Gasteiger partial charge in [-0.05, 0) is 30.9 Å². The minimum Gasteiger partial charge on any atom is -0.469 e. The van der Waals surface area contributed by atoms with Gasteiger partial charge in [-0.25, -0.2) is 0 Å². The van der Waals surface area contributed by atoms with Crippen molar-refractivity contribution in [2.45, 2.75) is 117 Å². The Balaban J connectivity index is 2.04. The predicted octanol–water partition coefficient (Wildman–Crippen LogP) is 7.87. The maximum absolute atomic E-state index is 5.72. The zero-order valence-electron chi connectivity index (χ0n) is 15.9. The lowest BCUT2D eigenvalue weighted by Crippen LogP contribution is -1.92. The number of hydrogen-bond donors (Lipinski definition) is 0. The Hall–Kier alpha value is -0.720. The van der Waals surface area contributed by atoms with Crippen molar-refractivity contribution in [3.8, 4) is 0 Å². The molecule has 0 fully saturated rings. The quantitative estimate of drug-likeness (QED) is 0.282. The van der Waals surface area contributed by atoms with Crippen molar-refractivity contribution >= 4 is 0 Å². The smallest absolute Gasteiger partial charge is 0.106 e. The van der Waals surface area contributed by atoms with Crippen molar-refractivity contribution < 1.29 is 4.42 Å². The molecule has 0 atom stereocenters. The Labute approximate surface area is 145 Å². The Morgan fingerprint density at radius 1 is 0.609 bits per heavy atom. The molecular weight excluding hydrogens is 280 g/mol. The highest BCUT2D eigenvalue weighted by molar-refractivity contribution is 5.17. The van der Waals surface area contributed by atoms with E-state index in [1.54, 1.807) is 0 Å². The van der Waals surface area contributed by atoms with Gasteiger partial charge in [0, 0.05) is 6.42 Å². The highest BCUT2D eigenvalue weighted by Gasteiger charge is 2.06. The molecule has 1 rings (SSSR count). The first kappa shape index (κ1) is 20.3. The van der Waals surface area contributed by atoms with Crippen molar-refractivity contribution in [3.63, 3.8) is 0 Å². The number of hydrogen-bond acceptors (Lipinski definition) is 1. The van der Waals surface area contributed by atoms with Gasteiger partial charge in [-0.15, -0.1) is 0 Å². The van der Waals surface area contributed by atoms with E-state index in [1.165, 1.54) is 108 Å². The van der Waals surface area contributed by atoms with E-state index < -0.39 is 0 Å². The van der Waals surface area contributed by atoms with Crippen molar-refractivity contribution in [2.24, 2.45) is 0 Å². The van der Waals surface area contributed by atoms with Crippen molar-refractivity contribution in [2.75, 3.05) is 0 Å². The minimum absolute atomic E-state index is 1.15. The summed E-state index contributed by atoms with van der Waals surface area (Å²) in [5.41, 5.74) is 1.48. The molecule has 1 aromatic heterocycles. The summed E-state index contributed by atoms with van der Waals surface area (Å²) in [6.07, 6.45) is 23.6. The number of unbranched alkanes of at least 4 members (excludes halogenated alkanes) is 12. The van der Waals surface area contributed by atoms with Gasteiger partial charge < -0.3 is 4.42 Å². The second kappa shape index (κ2) is 14.8. The summed E-state index contributed by atoms with van der Waals surface area (Å²) in [6, 6.07) is 2.20. The van der Waals surface area contributed by atoms with Crippen LogP contribution in [-0.2, 0) is 12.8 Å². The second-order valence-corrected chi connectivity index (χ2v) is 7.11. The maximum atomic E-state index is 5.72. The van der Waals surface area contributed by atoms with Crippen molar-refractivity contribution in [3.05, 3.63) is 23.7 Å². The zero-order chi connectivity index (χ0) is 16.6. The fourth-order valence-electron chi connectivity index (χ4n) is 3.32. The Morgan fingerprint density at radius 3 is 1.65 bits per heavy atom. The molecule has 1 heteroatoms. The van der Waals surface area contributed by atoms with Gasteiger partial charge in [-0.1, -0.05) is 90.9 Å². The van der Waals surface area contributed by atoms with E-state index >= 15 is 0 Å². The third kappa shape index (κ3) is 10.6. The van der Waals surface area contributed by atoms with Crippen LogP contribution in [0, 0.1) is 0 Å². The first-order chi connectivity index (χ1) is 11.4. The standard InChI is InChI=1S/C22H40O/c1-3-5-7-9-11-13-15-17-21-19-20-23-22(21)18-16-14-12-10-8-6-4-2/h19-20H,3-18H2,1-2H3. The summed E-state index contributed by atoms with van der Waals surface area (Å²) in [4.78, 5) is 0. The van der Waals surface area contributed by atoms with Crippen LogP contribution in [0.3, 0.4) is 0 Å². The molecule has 1 heterocycles. The molecule has 1 aromatic rings. The van der Waals surface area contributed by atoms with E-state index in [4.69, 9.17) is 4.42 Å². The van der Waals surface area contributed by atoms with Gasteiger partial charge in [-0.3, -0.25) is 0 Å². The minimum atomic E-state index is 1.15. The third-order valence-electron chi connectivity index (χ3n) is 4.89. The highest BCUT2D eigenvalue weighted by atomic mass is 16.3. The Morgan fingerprint density at radius 2 is 1.09 bits per heavy atom. The van der Waals surface area contributed by atoms with Crippen LogP contribution >= 0.6 is 0 Å². The van der Waals surface area contributed by atoms with Crippen LogP contribution < -0.4 is 0 Å². The van der Waals surface area contributed by atoms with Crippen LogP contribution in [0.25, 0.3) is 0 Å². The van der Waals surface area contributed by atoms with Crippen LogP contribution in [-0.4, -0.2) is 0 Å². The number of aryl methyl sites for hydroxylation is 2. The molecule has 0 spiro atoms. The molecule has 0 saturated heterocycles. The molecule has 0 amide bonds. The van der Waals surface area contributed by atoms with Gasteiger partial charge in [0.05, 0.1) is 6.26 Å². The van der Waals surface area contributed by atoms with Gasteiger partial charge >= 0.3 is 0 Å². The summed E-state index contributed by atoms with van der Waals surface area (Å²) in [6.45, 7) is 4.56. The van der Waals surface area contributed by atoms with Gasteiger partial charge in [0.2, 0.25) is 0 Å². The number of furan rings is 1. The normalized spacial score (nSPS) is 11.2. The van der Waals surface area contributed by atoms with Crippen molar-refractivity contribution in [1.82, 2.24) is 0 Å². The van der Waals surface area contributed by atoms with Crippen LogP contribution in [0.1, 0.15) is 115 Å². The molecule has 0 aromatic carbocycles. The molecule has 0 bridgehead atoms. The summed E-state index contributed by atoms with van der Waals surface area (Å²) in [5.74, 6) is 1.27. The first-order valence-electron chi connectivity index (χ1n) is 10.4. The molecule has 0 aliphatic carbocycles. The van der Waals surface area contributed by atoms with E-state index in [9.17, 15) is 0 Å². The second-order valence-electron chi connectivity index (χ2n) is 7.11. The van der Waals surface area contributed by atoms with E-state index in [1.807, 2.05) is 6.26 Å². The van der Waals surface area contributed by atoms with Crippen LogP contribution in [0.5, 0.6) is 0 Å². The molecule has 0 unspecified atom stereocenters. The van der Waals surface area contributed by atoms with Gasteiger partial charge in [-0.2, -0.15) is 0 Å². The van der Waals surface area contributed by atoms with Crippen LogP contribution in [0.15, 0.2) is 16.7 Å². The molecular formula is C22H40O. The van der Waals surface area contributed by atoms with Gasteiger partial charge in [0.15, 0.2) is 0 Å². The molecule has 1 nitrogen and oxygen atoms in total. The molecule has 0 aliphatic rings. The Kier molecular flexibility index (Phi) is 13.1. The average Bonchev–Trinajstić information content (AvgIpc) is 3.00. The molecule has 0 saturated carbocycles. The fraction of sp³-hybridized carbons (Fsp3) is 0.818. The van der Waals surface area contributed by atoms with Crippen molar-refractivity contribution in [1.29, 1.82) is 0 Å². The molecule has 134 valence electrons. The van der Waals surface area contributed by atoms with E-state index in [0.717, 1.165) is 6.42 Å². The summed E-state index contributed by atoms with van der Waals surface area (Å²) in [5, 5.41) is 0. The number of rotatable bonds is 16. The van der Waals surface area contributed by atoms with E-state index in [2.05, 4.69) is 19.9 Å². The van der Waals surface area contributed by atoms with E-state index in [0.29, 0.717) is 0 Å². The van der Waals surface area contributed by atoms with Crippen LogP contribution in [0.2, 0.25) is 0 Å². The van der Waals surface area contributed by atoms with Crippen LogP contribution in [0.4, 0.5) is 0 Å². The fourth-order valence-corrected chi connectivity index (χ4v) is 3.32. The summed E-state index contributed by atoms with van der Waals surface area (Å²) >= 11 is 0. The third-order valence-corrected chi connectivity index (χ3v) is 4.89. The average molecular weight is 321 g/mol. The first-order valence-corrected chi connectivity index (χ1v) is 10.4. The lowest BCUT2D eigenvalue weighted by Gasteiger charge is -2.04. The summed E-state index contributed by atoms with van der Waals surface area (Å²) < 4.78 is 5.72. The molecule has 0 radical (unpaired) electrons. The zero-order valence-corrected chi connectivity index (χ0v) is 15.9. The maximum Gasteiger partial charge on any atom is 0.106 e. The molecule has 23 heavy (non-hydrogen) atoms. The SMILES string of the molecule is CCCCCCCCCc1ccoc1CCCCCCCCC. The summed E-state index contributed by atoms with van der Waals surface area (Å²) in [7, 11) is 0. The monoisotopic (exact) mass is 320 g/mol. The van der Waals surface area contributed by atoms with E-state index in [-0.39, 0.29) is 0 Å².